The van der Waals surface area contributed by atoms with Gasteiger partial charge in [0.05, 0.1) is 17.8 Å². The van der Waals surface area contributed by atoms with E-state index in [2.05, 4.69) is 16.0 Å². The first-order chi connectivity index (χ1) is 11.2. The summed E-state index contributed by atoms with van der Waals surface area (Å²) in [5.74, 6) is -0.413. The topological polar surface area (TPSA) is 70.2 Å². The van der Waals surface area contributed by atoms with Gasteiger partial charge in [-0.25, -0.2) is 0 Å². The number of carbonyl (C=O) groups is 2. The Kier molecular flexibility index (Phi) is 4.57. The van der Waals surface area contributed by atoms with Crippen molar-refractivity contribution in [3.63, 3.8) is 0 Å². The van der Waals surface area contributed by atoms with E-state index in [4.69, 9.17) is 0 Å². The number of hydrogen-bond acceptors (Lipinski definition) is 3. The summed E-state index contributed by atoms with van der Waals surface area (Å²) in [4.78, 5) is 24.0. The number of amides is 2. The third-order valence-electron chi connectivity index (χ3n) is 3.58. The van der Waals surface area contributed by atoms with Crippen molar-refractivity contribution in [3.8, 4) is 0 Å². The first-order valence-electron chi connectivity index (χ1n) is 7.71. The Balaban J connectivity index is 1.64. The van der Waals surface area contributed by atoms with Gasteiger partial charge in [0.15, 0.2) is 0 Å². The van der Waals surface area contributed by atoms with Gasteiger partial charge in [0.1, 0.15) is 0 Å². The standard InChI is InChI=1S/C18H19N3O2/c22-17(21-14-10-11-14)12-19-18(23)15-8-4-5-9-16(15)20-13-6-2-1-3-7-13/h1-9,14,20H,10-12H2,(H,19,23)(H,21,22). The van der Waals surface area contributed by atoms with Gasteiger partial charge in [0.2, 0.25) is 5.91 Å². The SMILES string of the molecule is O=C(CNC(=O)c1ccccc1Nc1ccccc1)NC1CC1. The molecular weight excluding hydrogens is 290 g/mol. The van der Waals surface area contributed by atoms with E-state index < -0.39 is 0 Å². The van der Waals surface area contributed by atoms with Gasteiger partial charge < -0.3 is 16.0 Å². The fourth-order valence-electron chi connectivity index (χ4n) is 2.23. The van der Waals surface area contributed by atoms with Gasteiger partial charge in [-0.15, -0.1) is 0 Å². The third kappa shape index (κ3) is 4.32. The average molecular weight is 309 g/mol. The first kappa shape index (κ1) is 15.1. The second-order valence-electron chi connectivity index (χ2n) is 5.56. The van der Waals surface area contributed by atoms with E-state index in [9.17, 15) is 9.59 Å². The molecule has 1 aliphatic rings. The highest BCUT2D eigenvalue weighted by molar-refractivity contribution is 6.01. The molecule has 0 heterocycles. The predicted octanol–water partition coefficient (Wildman–Crippen LogP) is 2.44. The van der Waals surface area contributed by atoms with E-state index in [0.29, 0.717) is 17.3 Å². The summed E-state index contributed by atoms with van der Waals surface area (Å²) < 4.78 is 0. The molecule has 0 bridgehead atoms. The number of carbonyl (C=O) groups excluding carboxylic acids is 2. The maximum atomic E-state index is 12.3. The van der Waals surface area contributed by atoms with Crippen molar-refractivity contribution in [2.75, 3.05) is 11.9 Å². The van der Waals surface area contributed by atoms with Crippen LogP contribution >= 0.6 is 0 Å². The first-order valence-corrected chi connectivity index (χ1v) is 7.71. The highest BCUT2D eigenvalue weighted by Gasteiger charge is 2.23. The zero-order chi connectivity index (χ0) is 16.1. The molecule has 0 unspecified atom stereocenters. The van der Waals surface area contributed by atoms with Crippen LogP contribution in [-0.2, 0) is 4.79 Å². The minimum Gasteiger partial charge on any atom is -0.355 e. The van der Waals surface area contributed by atoms with Crippen molar-refractivity contribution in [3.05, 3.63) is 60.2 Å². The van der Waals surface area contributed by atoms with Gasteiger partial charge in [0, 0.05) is 11.7 Å². The van der Waals surface area contributed by atoms with Crippen LogP contribution in [0.1, 0.15) is 23.2 Å². The lowest BCUT2D eigenvalue weighted by Gasteiger charge is -2.12. The molecule has 5 heteroatoms. The normalized spacial score (nSPS) is 13.2. The molecule has 0 saturated heterocycles. The molecular formula is C18H19N3O2. The molecule has 23 heavy (non-hydrogen) atoms. The fraction of sp³-hybridized carbons (Fsp3) is 0.222. The zero-order valence-electron chi connectivity index (χ0n) is 12.7. The van der Waals surface area contributed by atoms with Crippen LogP contribution in [0.5, 0.6) is 0 Å². The second-order valence-corrected chi connectivity index (χ2v) is 5.56. The molecule has 1 aliphatic carbocycles. The van der Waals surface area contributed by atoms with Crippen LogP contribution in [0.4, 0.5) is 11.4 Å². The van der Waals surface area contributed by atoms with Crippen LogP contribution in [0, 0.1) is 0 Å². The van der Waals surface area contributed by atoms with Crippen LogP contribution in [-0.4, -0.2) is 24.4 Å². The van der Waals surface area contributed by atoms with E-state index in [1.165, 1.54) is 0 Å². The molecule has 0 radical (unpaired) electrons. The molecule has 2 aromatic carbocycles. The van der Waals surface area contributed by atoms with Gasteiger partial charge in [0.25, 0.3) is 5.91 Å². The van der Waals surface area contributed by atoms with E-state index in [-0.39, 0.29) is 18.4 Å². The van der Waals surface area contributed by atoms with Crippen LogP contribution in [0.15, 0.2) is 54.6 Å². The Morgan fingerprint density at radius 2 is 1.65 bits per heavy atom. The fourth-order valence-corrected chi connectivity index (χ4v) is 2.23. The summed E-state index contributed by atoms with van der Waals surface area (Å²) in [6.45, 7) is -0.00496. The summed E-state index contributed by atoms with van der Waals surface area (Å²) in [5.41, 5.74) is 2.12. The van der Waals surface area contributed by atoms with Crippen molar-refractivity contribution in [2.45, 2.75) is 18.9 Å². The van der Waals surface area contributed by atoms with Crippen LogP contribution < -0.4 is 16.0 Å². The number of hydrogen-bond donors (Lipinski definition) is 3. The lowest BCUT2D eigenvalue weighted by molar-refractivity contribution is -0.120. The van der Waals surface area contributed by atoms with E-state index in [1.54, 1.807) is 12.1 Å². The van der Waals surface area contributed by atoms with Gasteiger partial charge in [-0.05, 0) is 37.1 Å². The van der Waals surface area contributed by atoms with Gasteiger partial charge in [-0.1, -0.05) is 30.3 Å². The number of anilines is 2. The van der Waals surface area contributed by atoms with Crippen molar-refractivity contribution in [1.82, 2.24) is 10.6 Å². The molecule has 118 valence electrons. The summed E-state index contributed by atoms with van der Waals surface area (Å²) in [6.07, 6.45) is 2.06. The van der Waals surface area contributed by atoms with Crippen molar-refractivity contribution >= 4 is 23.2 Å². The van der Waals surface area contributed by atoms with E-state index in [0.717, 1.165) is 18.5 Å². The Morgan fingerprint density at radius 1 is 0.957 bits per heavy atom. The molecule has 0 aliphatic heterocycles. The van der Waals surface area contributed by atoms with E-state index >= 15 is 0 Å². The van der Waals surface area contributed by atoms with Crippen LogP contribution in [0.2, 0.25) is 0 Å². The molecule has 0 spiro atoms. The number of para-hydroxylation sites is 2. The van der Waals surface area contributed by atoms with Crippen LogP contribution in [0.25, 0.3) is 0 Å². The molecule has 5 nitrogen and oxygen atoms in total. The second kappa shape index (κ2) is 6.96. The largest absolute Gasteiger partial charge is 0.355 e. The smallest absolute Gasteiger partial charge is 0.253 e. The zero-order valence-corrected chi connectivity index (χ0v) is 12.7. The lowest BCUT2D eigenvalue weighted by atomic mass is 10.1. The lowest BCUT2D eigenvalue weighted by Crippen LogP contribution is -2.38. The minimum atomic E-state index is -0.269. The van der Waals surface area contributed by atoms with E-state index in [1.807, 2.05) is 42.5 Å². The molecule has 2 amide bonds. The van der Waals surface area contributed by atoms with Crippen molar-refractivity contribution in [2.24, 2.45) is 0 Å². The highest BCUT2D eigenvalue weighted by Crippen LogP contribution is 2.20. The molecule has 0 atom stereocenters. The molecule has 1 fully saturated rings. The summed E-state index contributed by atoms with van der Waals surface area (Å²) in [5, 5.41) is 8.73. The molecule has 3 rings (SSSR count). The molecule has 3 N–H and O–H groups in total. The Hall–Kier alpha value is -2.82. The number of benzene rings is 2. The minimum absolute atomic E-state index is 0.00496. The Labute approximate surface area is 135 Å². The van der Waals surface area contributed by atoms with Crippen LogP contribution in [0.3, 0.4) is 0 Å². The molecule has 1 saturated carbocycles. The quantitative estimate of drug-likeness (QED) is 0.767. The molecule has 2 aromatic rings. The average Bonchev–Trinajstić information content (AvgIpc) is 3.38. The van der Waals surface area contributed by atoms with Crippen molar-refractivity contribution < 1.29 is 9.59 Å². The summed E-state index contributed by atoms with van der Waals surface area (Å²) in [7, 11) is 0. The maximum Gasteiger partial charge on any atom is 0.253 e. The van der Waals surface area contributed by atoms with Gasteiger partial charge >= 0.3 is 0 Å². The summed E-state index contributed by atoms with van der Waals surface area (Å²) in [6, 6.07) is 17.2. The van der Waals surface area contributed by atoms with Crippen molar-refractivity contribution in [1.29, 1.82) is 0 Å². The Bertz CT molecular complexity index is 696. The number of rotatable bonds is 6. The predicted molar refractivity (Wildman–Crippen MR) is 89.7 cm³/mol. The highest BCUT2D eigenvalue weighted by atomic mass is 16.2. The Morgan fingerprint density at radius 3 is 2.39 bits per heavy atom. The van der Waals surface area contributed by atoms with Gasteiger partial charge in [-0.3, -0.25) is 9.59 Å². The number of nitrogens with one attached hydrogen (secondary N) is 3. The maximum absolute atomic E-state index is 12.3. The monoisotopic (exact) mass is 309 g/mol. The third-order valence-corrected chi connectivity index (χ3v) is 3.58. The molecule has 0 aromatic heterocycles. The van der Waals surface area contributed by atoms with Gasteiger partial charge in [-0.2, -0.15) is 0 Å². The summed E-state index contributed by atoms with van der Waals surface area (Å²) >= 11 is 0.